The SMILES string of the molecule is Cc1cc(NC(C)c2ccccc2F)ccc1C(=O)N(C)C. The maximum atomic E-state index is 13.8. The second-order valence-electron chi connectivity index (χ2n) is 5.62. The Hall–Kier alpha value is -2.36. The Labute approximate surface area is 130 Å². The van der Waals surface area contributed by atoms with E-state index in [4.69, 9.17) is 0 Å². The van der Waals surface area contributed by atoms with Crippen molar-refractivity contribution in [3.63, 3.8) is 0 Å². The highest BCUT2D eigenvalue weighted by molar-refractivity contribution is 5.95. The highest BCUT2D eigenvalue weighted by Gasteiger charge is 2.13. The van der Waals surface area contributed by atoms with Gasteiger partial charge in [-0.2, -0.15) is 0 Å². The summed E-state index contributed by atoms with van der Waals surface area (Å²) in [7, 11) is 3.46. The zero-order chi connectivity index (χ0) is 16.3. The largest absolute Gasteiger partial charge is 0.378 e. The van der Waals surface area contributed by atoms with Gasteiger partial charge in [0.25, 0.3) is 5.91 Å². The molecule has 1 N–H and O–H groups in total. The summed E-state index contributed by atoms with van der Waals surface area (Å²) < 4.78 is 13.8. The second-order valence-corrected chi connectivity index (χ2v) is 5.62. The summed E-state index contributed by atoms with van der Waals surface area (Å²) >= 11 is 0. The highest BCUT2D eigenvalue weighted by Crippen LogP contribution is 2.23. The van der Waals surface area contributed by atoms with Gasteiger partial charge in [0.1, 0.15) is 5.82 Å². The van der Waals surface area contributed by atoms with Crippen LogP contribution in [0.5, 0.6) is 0 Å². The zero-order valence-corrected chi connectivity index (χ0v) is 13.4. The van der Waals surface area contributed by atoms with Crippen LogP contribution in [-0.2, 0) is 0 Å². The van der Waals surface area contributed by atoms with Gasteiger partial charge in [0.05, 0.1) is 6.04 Å². The third kappa shape index (κ3) is 3.45. The minimum Gasteiger partial charge on any atom is -0.378 e. The molecule has 2 aromatic rings. The first-order valence-corrected chi connectivity index (χ1v) is 7.23. The Kier molecular flexibility index (Phi) is 4.81. The average molecular weight is 300 g/mol. The molecule has 0 radical (unpaired) electrons. The van der Waals surface area contributed by atoms with Crippen LogP contribution in [0.1, 0.15) is 34.5 Å². The van der Waals surface area contributed by atoms with E-state index >= 15 is 0 Å². The molecule has 0 fully saturated rings. The minimum atomic E-state index is -0.223. The van der Waals surface area contributed by atoms with Gasteiger partial charge < -0.3 is 10.2 Å². The van der Waals surface area contributed by atoms with Crippen LogP contribution in [0, 0.1) is 12.7 Å². The molecule has 22 heavy (non-hydrogen) atoms. The van der Waals surface area contributed by atoms with Crippen LogP contribution in [-0.4, -0.2) is 24.9 Å². The smallest absolute Gasteiger partial charge is 0.253 e. The van der Waals surface area contributed by atoms with Crippen LogP contribution in [0.15, 0.2) is 42.5 Å². The van der Waals surface area contributed by atoms with Crippen LogP contribution in [0.2, 0.25) is 0 Å². The lowest BCUT2D eigenvalue weighted by molar-refractivity contribution is 0.0827. The molecular formula is C18H21FN2O. The predicted octanol–water partition coefficient (Wildman–Crippen LogP) is 4.01. The summed E-state index contributed by atoms with van der Waals surface area (Å²) in [5.41, 5.74) is 3.05. The van der Waals surface area contributed by atoms with Crippen LogP contribution in [0.4, 0.5) is 10.1 Å². The Bertz CT molecular complexity index is 683. The third-order valence-electron chi connectivity index (χ3n) is 3.62. The van der Waals surface area contributed by atoms with Gasteiger partial charge in [-0.25, -0.2) is 4.39 Å². The van der Waals surface area contributed by atoms with Crippen molar-refractivity contribution in [2.45, 2.75) is 19.9 Å². The molecule has 2 rings (SSSR count). The first kappa shape index (κ1) is 16.0. The lowest BCUT2D eigenvalue weighted by Crippen LogP contribution is -2.22. The third-order valence-corrected chi connectivity index (χ3v) is 3.62. The second kappa shape index (κ2) is 6.60. The molecule has 0 bridgehead atoms. The number of anilines is 1. The zero-order valence-electron chi connectivity index (χ0n) is 13.4. The summed E-state index contributed by atoms with van der Waals surface area (Å²) in [6.45, 7) is 3.81. The topological polar surface area (TPSA) is 32.3 Å². The molecule has 1 atom stereocenters. The fourth-order valence-electron chi connectivity index (χ4n) is 2.39. The molecular weight excluding hydrogens is 279 g/mol. The van der Waals surface area contributed by atoms with E-state index in [1.807, 2.05) is 32.0 Å². The molecule has 0 aromatic heterocycles. The summed E-state index contributed by atoms with van der Waals surface area (Å²) in [5, 5.41) is 3.27. The molecule has 0 spiro atoms. The van der Waals surface area contributed by atoms with Crippen LogP contribution < -0.4 is 5.32 Å². The van der Waals surface area contributed by atoms with Crippen LogP contribution in [0.3, 0.4) is 0 Å². The fraction of sp³-hybridized carbons (Fsp3) is 0.278. The molecule has 2 aromatic carbocycles. The summed E-state index contributed by atoms with van der Waals surface area (Å²) in [6.07, 6.45) is 0. The highest BCUT2D eigenvalue weighted by atomic mass is 19.1. The first-order valence-electron chi connectivity index (χ1n) is 7.23. The van der Waals surface area contributed by atoms with Gasteiger partial charge in [-0.1, -0.05) is 18.2 Å². The molecule has 0 heterocycles. The molecule has 1 unspecified atom stereocenters. The van der Waals surface area contributed by atoms with Crippen molar-refractivity contribution in [1.29, 1.82) is 0 Å². The van der Waals surface area contributed by atoms with Crippen molar-refractivity contribution in [1.82, 2.24) is 4.90 Å². The number of rotatable bonds is 4. The monoisotopic (exact) mass is 300 g/mol. The van der Waals surface area contributed by atoms with Crippen molar-refractivity contribution in [2.75, 3.05) is 19.4 Å². The van der Waals surface area contributed by atoms with E-state index in [2.05, 4.69) is 5.32 Å². The minimum absolute atomic E-state index is 0.0220. The van der Waals surface area contributed by atoms with Crippen LogP contribution in [0.25, 0.3) is 0 Å². The Morgan fingerprint density at radius 3 is 2.45 bits per heavy atom. The predicted molar refractivity (Wildman–Crippen MR) is 87.6 cm³/mol. The lowest BCUT2D eigenvalue weighted by Gasteiger charge is -2.18. The molecule has 4 heteroatoms. The van der Waals surface area contributed by atoms with Crippen molar-refractivity contribution in [3.05, 3.63) is 65.0 Å². The number of nitrogens with zero attached hydrogens (tertiary/aromatic N) is 1. The van der Waals surface area contributed by atoms with E-state index in [0.29, 0.717) is 11.1 Å². The maximum absolute atomic E-state index is 13.8. The van der Waals surface area contributed by atoms with Crippen molar-refractivity contribution >= 4 is 11.6 Å². The van der Waals surface area contributed by atoms with E-state index in [0.717, 1.165) is 11.3 Å². The molecule has 1 amide bonds. The number of halogens is 1. The number of amides is 1. The van der Waals surface area contributed by atoms with Crippen LogP contribution >= 0.6 is 0 Å². The average Bonchev–Trinajstić information content (AvgIpc) is 2.47. The molecule has 0 aliphatic carbocycles. The summed E-state index contributed by atoms with van der Waals surface area (Å²) in [6, 6.07) is 12.1. The van der Waals surface area contributed by atoms with Crippen molar-refractivity contribution in [3.8, 4) is 0 Å². The fourth-order valence-corrected chi connectivity index (χ4v) is 2.39. The van der Waals surface area contributed by atoms with Gasteiger partial charge >= 0.3 is 0 Å². The molecule has 0 saturated carbocycles. The van der Waals surface area contributed by atoms with Gasteiger partial charge in [-0.05, 0) is 43.7 Å². The first-order chi connectivity index (χ1) is 10.4. The number of nitrogens with one attached hydrogen (secondary N) is 1. The van der Waals surface area contributed by atoms with Gasteiger partial charge in [0.15, 0.2) is 0 Å². The quantitative estimate of drug-likeness (QED) is 0.925. The van der Waals surface area contributed by atoms with E-state index in [1.54, 1.807) is 37.2 Å². The standard InChI is InChI=1S/C18H21FN2O/c1-12-11-14(9-10-15(12)18(22)21(3)4)20-13(2)16-7-5-6-8-17(16)19/h5-11,13,20H,1-4H3. The Morgan fingerprint density at radius 1 is 1.18 bits per heavy atom. The van der Waals surface area contributed by atoms with E-state index in [1.165, 1.54) is 6.07 Å². The van der Waals surface area contributed by atoms with Gasteiger partial charge in [0.2, 0.25) is 0 Å². The van der Waals surface area contributed by atoms with Gasteiger partial charge in [0, 0.05) is 30.9 Å². The summed E-state index contributed by atoms with van der Waals surface area (Å²) in [5.74, 6) is -0.246. The number of carbonyl (C=O) groups excluding carboxylic acids is 1. The Morgan fingerprint density at radius 2 is 1.86 bits per heavy atom. The van der Waals surface area contributed by atoms with E-state index in [9.17, 15) is 9.18 Å². The lowest BCUT2D eigenvalue weighted by atomic mass is 10.0. The number of hydrogen-bond acceptors (Lipinski definition) is 2. The molecule has 116 valence electrons. The maximum Gasteiger partial charge on any atom is 0.253 e. The number of aryl methyl sites for hydroxylation is 1. The van der Waals surface area contributed by atoms with E-state index < -0.39 is 0 Å². The number of benzene rings is 2. The van der Waals surface area contributed by atoms with Crippen molar-refractivity contribution in [2.24, 2.45) is 0 Å². The molecule has 0 saturated heterocycles. The van der Waals surface area contributed by atoms with Gasteiger partial charge in [-0.3, -0.25) is 4.79 Å². The summed E-state index contributed by atoms with van der Waals surface area (Å²) in [4.78, 5) is 13.6. The number of hydrogen-bond donors (Lipinski definition) is 1. The molecule has 0 aliphatic rings. The Balaban J connectivity index is 2.19. The molecule has 3 nitrogen and oxygen atoms in total. The molecule has 0 aliphatic heterocycles. The normalized spacial score (nSPS) is 11.9. The van der Waals surface area contributed by atoms with E-state index in [-0.39, 0.29) is 17.8 Å². The van der Waals surface area contributed by atoms with Crippen molar-refractivity contribution < 1.29 is 9.18 Å². The van der Waals surface area contributed by atoms with Gasteiger partial charge in [-0.15, -0.1) is 0 Å². The number of carbonyl (C=O) groups is 1.